The van der Waals surface area contributed by atoms with E-state index in [1.54, 1.807) is 13.4 Å². The van der Waals surface area contributed by atoms with E-state index in [0.717, 1.165) is 5.16 Å². The van der Waals surface area contributed by atoms with Crippen molar-refractivity contribution in [3.05, 3.63) is 30.6 Å². The molecule has 0 bridgehead atoms. The first-order chi connectivity index (χ1) is 10.5. The Morgan fingerprint density at radius 3 is 2.73 bits per heavy atom. The molecule has 2 rings (SSSR count). The van der Waals surface area contributed by atoms with Gasteiger partial charge in [0, 0.05) is 6.04 Å². The Morgan fingerprint density at radius 2 is 2.05 bits per heavy atom. The highest BCUT2D eigenvalue weighted by Crippen LogP contribution is 2.27. The molecule has 0 aliphatic rings. The van der Waals surface area contributed by atoms with Gasteiger partial charge in [-0.3, -0.25) is 4.79 Å². The summed E-state index contributed by atoms with van der Waals surface area (Å²) < 4.78 is 7.18. The van der Waals surface area contributed by atoms with E-state index in [4.69, 9.17) is 4.74 Å². The van der Waals surface area contributed by atoms with E-state index in [1.807, 2.05) is 49.6 Å². The molecule has 0 aliphatic heterocycles. The maximum Gasteiger partial charge on any atom is 0.237 e. The third-order valence-electron chi connectivity index (χ3n) is 3.11. The SMILES string of the molecule is COc1ccccc1NC(=O)C(C)Sc1nncn1C(C)C. The highest BCUT2D eigenvalue weighted by atomic mass is 32.2. The maximum absolute atomic E-state index is 12.3. The van der Waals surface area contributed by atoms with Crippen molar-refractivity contribution in [3.8, 4) is 5.75 Å². The van der Waals surface area contributed by atoms with Crippen molar-refractivity contribution in [2.75, 3.05) is 12.4 Å². The first-order valence-corrected chi connectivity index (χ1v) is 7.91. The number of methoxy groups -OCH3 is 1. The summed E-state index contributed by atoms with van der Waals surface area (Å²) >= 11 is 1.38. The molecule has 2 aromatic rings. The number of rotatable bonds is 6. The second-order valence-corrected chi connectivity index (χ2v) is 6.37. The molecule has 0 saturated carbocycles. The van der Waals surface area contributed by atoms with E-state index >= 15 is 0 Å². The predicted octanol–water partition coefficient (Wildman–Crippen LogP) is 2.99. The van der Waals surface area contributed by atoms with E-state index in [1.165, 1.54) is 11.8 Å². The van der Waals surface area contributed by atoms with Crippen molar-refractivity contribution in [3.63, 3.8) is 0 Å². The zero-order valence-electron chi connectivity index (χ0n) is 13.1. The summed E-state index contributed by atoms with van der Waals surface area (Å²) in [4.78, 5) is 12.3. The van der Waals surface area contributed by atoms with Crippen LogP contribution in [-0.2, 0) is 4.79 Å². The molecular weight excluding hydrogens is 300 g/mol. The van der Waals surface area contributed by atoms with Crippen molar-refractivity contribution >= 4 is 23.4 Å². The van der Waals surface area contributed by atoms with Crippen LogP contribution in [0.2, 0.25) is 0 Å². The fourth-order valence-corrected chi connectivity index (χ4v) is 2.82. The van der Waals surface area contributed by atoms with Gasteiger partial charge in [0.1, 0.15) is 12.1 Å². The van der Waals surface area contributed by atoms with Gasteiger partial charge in [0.15, 0.2) is 5.16 Å². The van der Waals surface area contributed by atoms with Gasteiger partial charge in [-0.1, -0.05) is 23.9 Å². The summed E-state index contributed by atoms with van der Waals surface area (Å²) in [6.07, 6.45) is 1.68. The van der Waals surface area contributed by atoms with Gasteiger partial charge in [-0.05, 0) is 32.9 Å². The first kappa shape index (κ1) is 16.4. The lowest BCUT2D eigenvalue weighted by atomic mass is 10.3. The first-order valence-electron chi connectivity index (χ1n) is 7.03. The topological polar surface area (TPSA) is 69.0 Å². The molecule has 0 saturated heterocycles. The van der Waals surface area contributed by atoms with Gasteiger partial charge in [-0.25, -0.2) is 0 Å². The van der Waals surface area contributed by atoms with Crippen LogP contribution in [0.5, 0.6) is 5.75 Å². The van der Waals surface area contributed by atoms with Crippen molar-refractivity contribution < 1.29 is 9.53 Å². The number of amides is 1. The minimum Gasteiger partial charge on any atom is -0.495 e. The number of nitrogens with one attached hydrogen (secondary N) is 1. The molecule has 0 aliphatic carbocycles. The Kier molecular flexibility index (Phi) is 5.43. The third-order valence-corrected chi connectivity index (χ3v) is 4.18. The Hall–Kier alpha value is -2.02. The van der Waals surface area contributed by atoms with Gasteiger partial charge in [-0.2, -0.15) is 0 Å². The average Bonchev–Trinajstić information content (AvgIpc) is 2.96. The molecule has 1 unspecified atom stereocenters. The summed E-state index contributed by atoms with van der Waals surface area (Å²) in [5.41, 5.74) is 0.660. The number of hydrogen-bond donors (Lipinski definition) is 1. The lowest BCUT2D eigenvalue weighted by Gasteiger charge is -2.15. The van der Waals surface area contributed by atoms with Gasteiger partial charge >= 0.3 is 0 Å². The molecule has 22 heavy (non-hydrogen) atoms. The van der Waals surface area contributed by atoms with Crippen LogP contribution in [0.15, 0.2) is 35.7 Å². The Bertz CT molecular complexity index is 642. The van der Waals surface area contributed by atoms with Crippen LogP contribution >= 0.6 is 11.8 Å². The highest BCUT2D eigenvalue weighted by Gasteiger charge is 2.19. The van der Waals surface area contributed by atoms with Crippen LogP contribution in [0.4, 0.5) is 5.69 Å². The molecule has 1 N–H and O–H groups in total. The normalized spacial score (nSPS) is 12.2. The zero-order chi connectivity index (χ0) is 16.1. The summed E-state index contributed by atoms with van der Waals surface area (Å²) in [5.74, 6) is 0.534. The average molecular weight is 320 g/mol. The molecule has 0 radical (unpaired) electrons. The van der Waals surface area contributed by atoms with Gasteiger partial charge < -0.3 is 14.6 Å². The molecule has 6 nitrogen and oxygen atoms in total. The molecule has 1 heterocycles. The number of benzene rings is 1. The zero-order valence-corrected chi connectivity index (χ0v) is 13.9. The second kappa shape index (κ2) is 7.31. The summed E-state index contributed by atoms with van der Waals surface area (Å²) in [6.45, 7) is 5.94. The minimum absolute atomic E-state index is 0.104. The molecule has 7 heteroatoms. The third kappa shape index (κ3) is 3.79. The maximum atomic E-state index is 12.3. The number of para-hydroxylation sites is 2. The monoisotopic (exact) mass is 320 g/mol. The number of ether oxygens (including phenoxy) is 1. The van der Waals surface area contributed by atoms with Crippen LogP contribution in [0.3, 0.4) is 0 Å². The highest BCUT2D eigenvalue weighted by molar-refractivity contribution is 8.00. The summed E-state index contributed by atoms with van der Waals surface area (Å²) in [5, 5.41) is 11.3. The Balaban J connectivity index is 2.05. The van der Waals surface area contributed by atoms with Crippen molar-refractivity contribution in [2.45, 2.75) is 37.2 Å². The number of thioether (sulfide) groups is 1. The molecule has 118 valence electrons. The van der Waals surface area contributed by atoms with Crippen molar-refractivity contribution in [1.82, 2.24) is 14.8 Å². The number of carbonyl (C=O) groups excluding carboxylic acids is 1. The number of hydrogen-bond acceptors (Lipinski definition) is 5. The van der Waals surface area contributed by atoms with Crippen LogP contribution in [0, 0.1) is 0 Å². The standard InChI is InChI=1S/C15H20N4O2S/c1-10(2)19-9-16-18-15(19)22-11(3)14(20)17-12-7-5-6-8-13(12)21-4/h5-11H,1-4H3,(H,17,20). The molecular formula is C15H20N4O2S. The Morgan fingerprint density at radius 1 is 1.32 bits per heavy atom. The van der Waals surface area contributed by atoms with E-state index in [2.05, 4.69) is 15.5 Å². The molecule has 1 aromatic heterocycles. The number of anilines is 1. The van der Waals surface area contributed by atoms with E-state index in [0.29, 0.717) is 11.4 Å². The van der Waals surface area contributed by atoms with Gasteiger partial charge in [-0.15, -0.1) is 10.2 Å². The van der Waals surface area contributed by atoms with Crippen molar-refractivity contribution in [2.24, 2.45) is 0 Å². The molecule has 1 amide bonds. The lowest BCUT2D eigenvalue weighted by molar-refractivity contribution is -0.115. The smallest absolute Gasteiger partial charge is 0.237 e. The molecule has 1 aromatic carbocycles. The van der Waals surface area contributed by atoms with Crippen LogP contribution < -0.4 is 10.1 Å². The van der Waals surface area contributed by atoms with Crippen LogP contribution in [0.1, 0.15) is 26.8 Å². The van der Waals surface area contributed by atoms with Crippen molar-refractivity contribution in [1.29, 1.82) is 0 Å². The largest absolute Gasteiger partial charge is 0.495 e. The van der Waals surface area contributed by atoms with E-state index in [9.17, 15) is 4.79 Å². The molecule has 0 spiro atoms. The Labute approximate surface area is 134 Å². The second-order valence-electron chi connectivity index (χ2n) is 5.06. The lowest BCUT2D eigenvalue weighted by Crippen LogP contribution is -2.23. The number of aromatic nitrogens is 3. The van der Waals surface area contributed by atoms with E-state index in [-0.39, 0.29) is 17.2 Å². The van der Waals surface area contributed by atoms with Gasteiger partial charge in [0.25, 0.3) is 0 Å². The number of nitrogens with zero attached hydrogens (tertiary/aromatic N) is 3. The van der Waals surface area contributed by atoms with E-state index < -0.39 is 0 Å². The minimum atomic E-state index is -0.299. The molecule has 1 atom stereocenters. The van der Waals surface area contributed by atoms with Crippen LogP contribution in [0.25, 0.3) is 0 Å². The number of carbonyl (C=O) groups is 1. The van der Waals surface area contributed by atoms with Gasteiger partial charge in [0.05, 0.1) is 18.0 Å². The fourth-order valence-electron chi connectivity index (χ4n) is 1.86. The van der Waals surface area contributed by atoms with Crippen LogP contribution in [-0.4, -0.2) is 33.0 Å². The predicted molar refractivity (Wildman–Crippen MR) is 87.3 cm³/mol. The summed E-state index contributed by atoms with van der Waals surface area (Å²) in [7, 11) is 1.58. The quantitative estimate of drug-likeness (QED) is 0.829. The summed E-state index contributed by atoms with van der Waals surface area (Å²) in [6, 6.07) is 7.58. The van der Waals surface area contributed by atoms with Gasteiger partial charge in [0.2, 0.25) is 5.91 Å². The molecule has 0 fully saturated rings. The fraction of sp³-hybridized carbons (Fsp3) is 0.400.